The van der Waals surface area contributed by atoms with Crippen molar-refractivity contribution < 1.29 is 24.0 Å². The quantitative estimate of drug-likeness (QED) is 0.1000. The summed E-state index contributed by atoms with van der Waals surface area (Å²) in [4.78, 5) is 35.5. The Morgan fingerprint density at radius 2 is 1.69 bits per heavy atom. The molecular weight excluding hydrogens is 509 g/mol. The van der Waals surface area contributed by atoms with Crippen LogP contribution < -0.4 is 14.8 Å². The summed E-state index contributed by atoms with van der Waals surface area (Å²) in [5.41, 5.74) is 0.895. The molecule has 0 aliphatic carbocycles. The molecule has 11 heteroatoms. The fourth-order valence-electron chi connectivity index (χ4n) is 2.99. The number of nitro groups is 1. The number of nitrogens with one attached hydrogen (secondary N) is 1. The molecular formula is C25H17Cl2N3O6. The molecule has 3 rings (SSSR count). The van der Waals surface area contributed by atoms with Crippen molar-refractivity contribution in [2.45, 2.75) is 6.92 Å². The number of anilines is 1. The first-order valence-electron chi connectivity index (χ1n) is 10.2. The number of carbonyl (C=O) groups excluding carboxylic acids is 2. The Labute approximate surface area is 215 Å². The number of nitro benzene ring substituents is 1. The highest BCUT2D eigenvalue weighted by molar-refractivity contribution is 6.40. The normalized spacial score (nSPS) is 10.8. The van der Waals surface area contributed by atoms with Gasteiger partial charge in [-0.1, -0.05) is 47.0 Å². The second-order valence-corrected chi connectivity index (χ2v) is 8.15. The molecule has 0 aromatic heterocycles. The summed E-state index contributed by atoms with van der Waals surface area (Å²) >= 11 is 12.0. The van der Waals surface area contributed by atoms with Gasteiger partial charge in [0.05, 0.1) is 33.3 Å². The van der Waals surface area contributed by atoms with E-state index >= 15 is 0 Å². The van der Waals surface area contributed by atoms with E-state index in [-0.39, 0.29) is 38.5 Å². The lowest BCUT2D eigenvalue weighted by atomic mass is 10.1. The van der Waals surface area contributed by atoms with Crippen LogP contribution in [0, 0.1) is 28.4 Å². The average Bonchev–Trinajstić information content (AvgIpc) is 2.84. The number of non-ortho nitro benzene ring substituents is 1. The largest absolute Gasteiger partial charge is 0.493 e. The number of halogens is 2. The van der Waals surface area contributed by atoms with Crippen LogP contribution in [-0.4, -0.2) is 23.9 Å². The fourth-order valence-corrected chi connectivity index (χ4v) is 3.56. The molecule has 0 fully saturated rings. The molecule has 3 aromatic carbocycles. The lowest BCUT2D eigenvalue weighted by molar-refractivity contribution is -0.384. The second kappa shape index (κ2) is 11.4. The average molecular weight is 526 g/mol. The molecule has 0 saturated carbocycles. The third-order valence-corrected chi connectivity index (χ3v) is 5.43. The minimum absolute atomic E-state index is 0.0796. The van der Waals surface area contributed by atoms with Crippen molar-refractivity contribution in [1.82, 2.24) is 0 Å². The molecule has 0 spiro atoms. The summed E-state index contributed by atoms with van der Waals surface area (Å²) in [6, 6.07) is 15.1. The first kappa shape index (κ1) is 26.2. The lowest BCUT2D eigenvalue weighted by Gasteiger charge is -2.11. The summed E-state index contributed by atoms with van der Waals surface area (Å²) in [5, 5.41) is 22.5. The highest BCUT2D eigenvalue weighted by atomic mass is 35.5. The van der Waals surface area contributed by atoms with Crippen LogP contribution in [-0.2, 0) is 4.79 Å². The summed E-state index contributed by atoms with van der Waals surface area (Å²) < 4.78 is 10.7. The van der Waals surface area contributed by atoms with Gasteiger partial charge < -0.3 is 14.8 Å². The SMILES string of the molecule is COc1ccc(/C=C(\C#N)C(=O)Nc2c(Cl)cc([N+](=O)[O-])cc2Cl)cc1OC(=O)c1ccc(C)cc1. The van der Waals surface area contributed by atoms with Crippen molar-refractivity contribution >= 4 is 52.5 Å². The molecule has 0 heterocycles. The van der Waals surface area contributed by atoms with Crippen molar-refractivity contribution in [3.63, 3.8) is 0 Å². The summed E-state index contributed by atoms with van der Waals surface area (Å²) in [6.07, 6.45) is 1.26. The monoisotopic (exact) mass is 525 g/mol. The Balaban J connectivity index is 1.87. The molecule has 1 amide bonds. The van der Waals surface area contributed by atoms with Crippen molar-refractivity contribution in [3.05, 3.63) is 97.0 Å². The number of hydrogen-bond donors (Lipinski definition) is 1. The zero-order valence-corrected chi connectivity index (χ0v) is 20.4. The smallest absolute Gasteiger partial charge is 0.343 e. The molecule has 0 aliphatic rings. The van der Waals surface area contributed by atoms with E-state index in [9.17, 15) is 25.0 Å². The number of nitriles is 1. The first-order chi connectivity index (χ1) is 17.1. The predicted molar refractivity (Wildman–Crippen MR) is 134 cm³/mol. The van der Waals surface area contributed by atoms with E-state index in [4.69, 9.17) is 32.7 Å². The Hall–Kier alpha value is -4.39. The number of nitrogens with zero attached hydrogens (tertiary/aromatic N) is 2. The van der Waals surface area contributed by atoms with E-state index < -0.39 is 16.8 Å². The van der Waals surface area contributed by atoms with Crippen LogP contribution in [0.2, 0.25) is 10.0 Å². The van der Waals surface area contributed by atoms with E-state index in [0.717, 1.165) is 17.7 Å². The molecule has 0 aliphatic heterocycles. The van der Waals surface area contributed by atoms with E-state index in [1.165, 1.54) is 25.3 Å². The summed E-state index contributed by atoms with van der Waals surface area (Å²) in [6.45, 7) is 1.89. The maximum Gasteiger partial charge on any atom is 0.343 e. The number of benzene rings is 3. The number of ether oxygens (including phenoxy) is 2. The van der Waals surface area contributed by atoms with Gasteiger partial charge in [-0.15, -0.1) is 0 Å². The topological polar surface area (TPSA) is 132 Å². The Morgan fingerprint density at radius 3 is 2.25 bits per heavy atom. The molecule has 1 N–H and O–H groups in total. The van der Waals surface area contributed by atoms with Crippen LogP contribution in [0.3, 0.4) is 0 Å². The Bertz CT molecular complexity index is 1410. The number of methoxy groups -OCH3 is 1. The number of aryl methyl sites for hydroxylation is 1. The van der Waals surface area contributed by atoms with E-state index in [1.807, 2.05) is 6.92 Å². The van der Waals surface area contributed by atoms with Crippen molar-refractivity contribution in [2.24, 2.45) is 0 Å². The van der Waals surface area contributed by atoms with Gasteiger partial charge in [0, 0.05) is 12.1 Å². The molecule has 36 heavy (non-hydrogen) atoms. The molecule has 9 nitrogen and oxygen atoms in total. The fraction of sp³-hybridized carbons (Fsp3) is 0.0800. The zero-order chi connectivity index (χ0) is 26.4. The molecule has 182 valence electrons. The van der Waals surface area contributed by atoms with Gasteiger partial charge in [0.1, 0.15) is 11.6 Å². The van der Waals surface area contributed by atoms with Gasteiger partial charge in [-0.25, -0.2) is 4.79 Å². The van der Waals surface area contributed by atoms with Crippen molar-refractivity contribution in [2.75, 3.05) is 12.4 Å². The Kier molecular flexibility index (Phi) is 8.27. The molecule has 3 aromatic rings. The number of carbonyl (C=O) groups is 2. The van der Waals surface area contributed by atoms with Gasteiger partial charge in [-0.05, 0) is 42.8 Å². The van der Waals surface area contributed by atoms with Crippen LogP contribution in [0.4, 0.5) is 11.4 Å². The predicted octanol–water partition coefficient (Wildman–Crippen LogP) is 5.98. The van der Waals surface area contributed by atoms with Gasteiger partial charge in [0.15, 0.2) is 11.5 Å². The van der Waals surface area contributed by atoms with Gasteiger partial charge in [-0.3, -0.25) is 14.9 Å². The summed E-state index contributed by atoms with van der Waals surface area (Å²) in [7, 11) is 1.40. The Morgan fingerprint density at radius 1 is 1.06 bits per heavy atom. The summed E-state index contributed by atoms with van der Waals surface area (Å²) in [5.74, 6) is -1.13. The van der Waals surface area contributed by atoms with Crippen molar-refractivity contribution in [1.29, 1.82) is 5.26 Å². The maximum atomic E-state index is 12.7. The number of esters is 1. The van der Waals surface area contributed by atoms with Gasteiger partial charge in [-0.2, -0.15) is 5.26 Å². The van der Waals surface area contributed by atoms with Gasteiger partial charge in [0.25, 0.3) is 11.6 Å². The third kappa shape index (κ3) is 6.18. The van der Waals surface area contributed by atoms with E-state index in [1.54, 1.807) is 36.4 Å². The minimum Gasteiger partial charge on any atom is -0.493 e. The molecule has 0 radical (unpaired) electrons. The first-order valence-corrected chi connectivity index (χ1v) is 10.9. The van der Waals surface area contributed by atoms with E-state index in [2.05, 4.69) is 5.32 Å². The highest BCUT2D eigenvalue weighted by Crippen LogP contribution is 2.35. The molecule has 0 saturated heterocycles. The maximum absolute atomic E-state index is 12.7. The van der Waals surface area contributed by atoms with Crippen LogP contribution in [0.5, 0.6) is 11.5 Å². The number of amides is 1. The standard InChI is InChI=1S/C25H17Cl2N3O6/c1-14-3-6-16(7-4-14)25(32)36-22-10-15(5-8-21(22)35-2)9-17(13-28)24(31)29-23-19(26)11-18(30(33)34)12-20(23)27/h3-12H,1-2H3,(H,29,31)/b17-9+. The lowest BCUT2D eigenvalue weighted by Crippen LogP contribution is -2.14. The third-order valence-electron chi connectivity index (χ3n) is 4.83. The van der Waals surface area contributed by atoms with Crippen molar-refractivity contribution in [3.8, 4) is 17.6 Å². The molecule has 0 unspecified atom stereocenters. The van der Waals surface area contributed by atoms with Crippen LogP contribution in [0.25, 0.3) is 6.08 Å². The van der Waals surface area contributed by atoms with E-state index in [0.29, 0.717) is 11.1 Å². The number of rotatable bonds is 7. The van der Waals surface area contributed by atoms with Gasteiger partial charge >= 0.3 is 5.97 Å². The molecule has 0 bridgehead atoms. The van der Waals surface area contributed by atoms with Gasteiger partial charge in [0.2, 0.25) is 0 Å². The van der Waals surface area contributed by atoms with Crippen LogP contribution in [0.15, 0.2) is 60.2 Å². The molecule has 0 atom stereocenters. The highest BCUT2D eigenvalue weighted by Gasteiger charge is 2.19. The zero-order valence-electron chi connectivity index (χ0n) is 18.9. The second-order valence-electron chi connectivity index (χ2n) is 7.33. The minimum atomic E-state index is -0.857. The van der Waals surface area contributed by atoms with Crippen LogP contribution >= 0.6 is 23.2 Å². The van der Waals surface area contributed by atoms with Crippen LogP contribution in [0.1, 0.15) is 21.5 Å². The number of hydrogen-bond acceptors (Lipinski definition) is 7.